The molecule has 4 aromatic rings. The number of amides is 3. The van der Waals surface area contributed by atoms with Crippen molar-refractivity contribution in [1.82, 2.24) is 5.32 Å². The van der Waals surface area contributed by atoms with Gasteiger partial charge >= 0.3 is 0 Å². The molecule has 3 N–H and O–H groups in total. The van der Waals surface area contributed by atoms with E-state index >= 15 is 0 Å². The Kier molecular flexibility index (Phi) is 10.5. The van der Waals surface area contributed by atoms with Crippen LogP contribution in [0.5, 0.6) is 0 Å². The molecule has 214 valence electrons. The van der Waals surface area contributed by atoms with Crippen LogP contribution < -0.4 is 16.0 Å². The van der Waals surface area contributed by atoms with E-state index in [-0.39, 0.29) is 17.2 Å². The molecule has 1 atom stereocenters. The van der Waals surface area contributed by atoms with Crippen LogP contribution in [-0.4, -0.2) is 23.0 Å². The van der Waals surface area contributed by atoms with Gasteiger partial charge in [-0.25, -0.2) is 4.39 Å². The third-order valence-electron chi connectivity index (χ3n) is 6.22. The van der Waals surface area contributed by atoms with Crippen molar-refractivity contribution in [1.29, 1.82) is 0 Å². The summed E-state index contributed by atoms with van der Waals surface area (Å²) in [5.74, 6) is -1.84. The molecule has 0 bridgehead atoms. The SMILES string of the molecule is CCC(Sc1cccc(NC(=O)/C(=C/c2ccccc2F)NC(=O)c2ccccc2)c1)C(=O)Nc1cc(Cl)ccc1C. The number of anilines is 2. The van der Waals surface area contributed by atoms with Crippen LogP contribution in [0, 0.1) is 12.7 Å². The average molecular weight is 602 g/mol. The Balaban J connectivity index is 1.51. The predicted octanol–water partition coefficient (Wildman–Crippen LogP) is 7.71. The molecular formula is C33H29ClFN3O3S. The molecule has 0 aliphatic heterocycles. The molecule has 1 unspecified atom stereocenters. The number of carbonyl (C=O) groups excluding carboxylic acids is 3. The van der Waals surface area contributed by atoms with Crippen LogP contribution in [0.25, 0.3) is 6.08 Å². The molecule has 6 nitrogen and oxygen atoms in total. The Labute approximate surface area is 253 Å². The molecule has 0 saturated heterocycles. The third-order valence-corrected chi connectivity index (χ3v) is 7.82. The van der Waals surface area contributed by atoms with Crippen LogP contribution in [0.4, 0.5) is 15.8 Å². The lowest BCUT2D eigenvalue weighted by atomic mass is 10.1. The summed E-state index contributed by atoms with van der Waals surface area (Å²) in [6.45, 7) is 3.81. The van der Waals surface area contributed by atoms with Crippen molar-refractivity contribution in [3.63, 3.8) is 0 Å². The van der Waals surface area contributed by atoms with Crippen molar-refractivity contribution < 1.29 is 18.8 Å². The number of thioether (sulfide) groups is 1. The van der Waals surface area contributed by atoms with Crippen LogP contribution in [-0.2, 0) is 9.59 Å². The largest absolute Gasteiger partial charge is 0.325 e. The van der Waals surface area contributed by atoms with E-state index in [1.807, 2.05) is 26.0 Å². The second-order valence-corrected chi connectivity index (χ2v) is 11.1. The van der Waals surface area contributed by atoms with Gasteiger partial charge in [0.1, 0.15) is 11.5 Å². The highest BCUT2D eigenvalue weighted by atomic mass is 35.5. The number of aryl methyl sites for hydroxylation is 1. The molecule has 9 heteroatoms. The molecule has 4 aromatic carbocycles. The first kappa shape index (κ1) is 30.6. The van der Waals surface area contributed by atoms with Crippen LogP contribution in [0.15, 0.2) is 108 Å². The molecule has 3 amide bonds. The lowest BCUT2D eigenvalue weighted by Crippen LogP contribution is -2.30. The summed E-state index contributed by atoms with van der Waals surface area (Å²) in [7, 11) is 0. The Bertz CT molecular complexity index is 1630. The van der Waals surface area contributed by atoms with Gasteiger partial charge in [-0.3, -0.25) is 14.4 Å². The van der Waals surface area contributed by atoms with Crippen LogP contribution >= 0.6 is 23.4 Å². The second-order valence-electron chi connectivity index (χ2n) is 9.34. The fourth-order valence-electron chi connectivity index (χ4n) is 3.96. The fourth-order valence-corrected chi connectivity index (χ4v) is 5.15. The maximum Gasteiger partial charge on any atom is 0.272 e. The predicted molar refractivity (Wildman–Crippen MR) is 168 cm³/mol. The molecule has 42 heavy (non-hydrogen) atoms. The number of rotatable bonds is 10. The Morgan fingerprint density at radius 2 is 1.64 bits per heavy atom. The number of hydrogen-bond donors (Lipinski definition) is 3. The van der Waals surface area contributed by atoms with E-state index in [0.717, 1.165) is 10.5 Å². The van der Waals surface area contributed by atoms with Crippen molar-refractivity contribution in [2.75, 3.05) is 10.6 Å². The van der Waals surface area contributed by atoms with Gasteiger partial charge in [0.05, 0.1) is 5.25 Å². The Morgan fingerprint density at radius 3 is 2.38 bits per heavy atom. The van der Waals surface area contributed by atoms with Crippen molar-refractivity contribution >= 4 is 58.5 Å². The number of carbonyl (C=O) groups is 3. The quantitative estimate of drug-likeness (QED) is 0.128. The number of hydrogen-bond acceptors (Lipinski definition) is 4. The normalized spacial score (nSPS) is 11.9. The summed E-state index contributed by atoms with van der Waals surface area (Å²) < 4.78 is 14.4. The van der Waals surface area contributed by atoms with E-state index in [2.05, 4.69) is 16.0 Å². The molecular weight excluding hydrogens is 573 g/mol. The van der Waals surface area contributed by atoms with Gasteiger partial charge in [-0.15, -0.1) is 11.8 Å². The zero-order valence-corrected chi connectivity index (χ0v) is 24.6. The van der Waals surface area contributed by atoms with E-state index in [1.54, 1.807) is 66.7 Å². The van der Waals surface area contributed by atoms with Gasteiger partial charge in [-0.05, 0) is 73.5 Å². The van der Waals surface area contributed by atoms with E-state index in [9.17, 15) is 18.8 Å². The zero-order chi connectivity index (χ0) is 30.1. The van der Waals surface area contributed by atoms with E-state index in [4.69, 9.17) is 11.6 Å². The highest BCUT2D eigenvalue weighted by Gasteiger charge is 2.20. The zero-order valence-electron chi connectivity index (χ0n) is 23.0. The van der Waals surface area contributed by atoms with Crippen LogP contribution in [0.1, 0.15) is 34.8 Å². The van der Waals surface area contributed by atoms with E-state index in [1.165, 1.54) is 36.0 Å². The van der Waals surface area contributed by atoms with Gasteiger partial charge in [0.2, 0.25) is 5.91 Å². The summed E-state index contributed by atoms with van der Waals surface area (Å²) in [6, 6.07) is 26.7. The van der Waals surface area contributed by atoms with Gasteiger partial charge in [0.15, 0.2) is 0 Å². The van der Waals surface area contributed by atoms with Crippen molar-refractivity contribution in [2.24, 2.45) is 0 Å². The van der Waals surface area contributed by atoms with Gasteiger partial charge in [0.25, 0.3) is 11.8 Å². The summed E-state index contributed by atoms with van der Waals surface area (Å²) in [6.07, 6.45) is 1.85. The van der Waals surface area contributed by atoms with Gasteiger partial charge < -0.3 is 16.0 Å². The number of halogens is 2. The summed E-state index contributed by atoms with van der Waals surface area (Å²) in [5.41, 5.74) is 2.36. The minimum Gasteiger partial charge on any atom is -0.325 e. The standard InChI is InChI=1S/C33H29ClFN3O3S/c1-3-30(33(41)37-28-19-24(34)17-16-21(28)2)42-26-14-9-13-25(20-26)36-32(40)29(18-23-12-7-8-15-27(23)35)38-31(39)22-10-5-4-6-11-22/h4-20,30H,3H2,1-2H3,(H,36,40)(H,37,41)(H,38,39)/b29-18-. The molecule has 0 heterocycles. The molecule has 0 fully saturated rings. The molecule has 0 aromatic heterocycles. The molecule has 0 spiro atoms. The monoisotopic (exact) mass is 601 g/mol. The van der Waals surface area contributed by atoms with Crippen molar-refractivity contribution in [3.8, 4) is 0 Å². The molecule has 0 radical (unpaired) electrons. The fraction of sp³-hybridized carbons (Fsp3) is 0.121. The smallest absolute Gasteiger partial charge is 0.272 e. The minimum absolute atomic E-state index is 0.130. The molecule has 0 aliphatic rings. The third kappa shape index (κ3) is 8.31. The molecule has 0 aliphatic carbocycles. The summed E-state index contributed by atoms with van der Waals surface area (Å²) in [4.78, 5) is 40.0. The van der Waals surface area contributed by atoms with Crippen molar-refractivity contribution in [2.45, 2.75) is 30.4 Å². The Morgan fingerprint density at radius 1 is 0.905 bits per heavy atom. The van der Waals surface area contributed by atoms with Gasteiger partial charge in [0, 0.05) is 32.4 Å². The lowest BCUT2D eigenvalue weighted by Gasteiger charge is -2.17. The summed E-state index contributed by atoms with van der Waals surface area (Å²) >= 11 is 7.46. The average Bonchev–Trinajstić information content (AvgIpc) is 2.99. The maximum atomic E-state index is 14.4. The highest BCUT2D eigenvalue weighted by Crippen LogP contribution is 2.29. The van der Waals surface area contributed by atoms with Crippen molar-refractivity contribution in [3.05, 3.63) is 130 Å². The maximum absolute atomic E-state index is 14.4. The molecule has 4 rings (SSSR count). The molecule has 0 saturated carbocycles. The minimum atomic E-state index is -0.633. The first-order valence-electron chi connectivity index (χ1n) is 13.2. The summed E-state index contributed by atoms with van der Waals surface area (Å²) in [5, 5.41) is 8.46. The number of nitrogens with one attached hydrogen (secondary N) is 3. The van der Waals surface area contributed by atoms with Gasteiger partial charge in [-0.1, -0.05) is 67.1 Å². The van der Waals surface area contributed by atoms with E-state index < -0.39 is 22.9 Å². The van der Waals surface area contributed by atoms with Crippen LogP contribution in [0.2, 0.25) is 5.02 Å². The topological polar surface area (TPSA) is 87.3 Å². The van der Waals surface area contributed by atoms with Crippen LogP contribution in [0.3, 0.4) is 0 Å². The first-order valence-corrected chi connectivity index (χ1v) is 14.5. The second kappa shape index (κ2) is 14.5. The first-order chi connectivity index (χ1) is 20.2. The highest BCUT2D eigenvalue weighted by molar-refractivity contribution is 8.00. The van der Waals surface area contributed by atoms with E-state index in [0.29, 0.717) is 28.4 Å². The van der Waals surface area contributed by atoms with Gasteiger partial charge in [-0.2, -0.15) is 0 Å². The lowest BCUT2D eigenvalue weighted by molar-refractivity contribution is -0.116. The number of benzene rings is 4. The Hall–Kier alpha value is -4.40.